The van der Waals surface area contributed by atoms with E-state index >= 15 is 0 Å². The molecule has 68 valence electrons. The highest BCUT2D eigenvalue weighted by atomic mass is 14.8. The Morgan fingerprint density at radius 3 is 2.77 bits per heavy atom. The summed E-state index contributed by atoms with van der Waals surface area (Å²) in [7, 11) is 0. The summed E-state index contributed by atoms with van der Waals surface area (Å²) < 4.78 is 0. The maximum Gasteiger partial charge on any atom is 0.0420 e. The first kappa shape index (κ1) is 9.52. The van der Waals surface area contributed by atoms with Gasteiger partial charge < -0.3 is 5.32 Å². The van der Waals surface area contributed by atoms with Crippen molar-refractivity contribution < 1.29 is 0 Å². The van der Waals surface area contributed by atoms with Gasteiger partial charge in [0.15, 0.2) is 0 Å². The molecular weight excluding hydrogens is 160 g/mol. The molecule has 0 aliphatic heterocycles. The van der Waals surface area contributed by atoms with Crippen molar-refractivity contribution in [2.24, 2.45) is 4.99 Å². The number of benzene rings is 1. The molecular formula is C11H14N2. The molecule has 0 saturated heterocycles. The fraction of sp³-hybridized carbons (Fsp3) is 0.182. The summed E-state index contributed by atoms with van der Waals surface area (Å²) in [5, 5.41) is 3.14. The third kappa shape index (κ3) is 4.11. The van der Waals surface area contributed by atoms with Crippen molar-refractivity contribution >= 4 is 6.21 Å². The van der Waals surface area contributed by atoms with Crippen molar-refractivity contribution in [3.05, 3.63) is 48.3 Å². The van der Waals surface area contributed by atoms with Crippen LogP contribution in [0, 0.1) is 0 Å². The molecule has 2 heteroatoms. The Hall–Kier alpha value is -1.57. The lowest BCUT2D eigenvalue weighted by molar-refractivity contribution is 0.867. The molecule has 1 N–H and O–H groups in total. The van der Waals surface area contributed by atoms with Gasteiger partial charge in [-0.2, -0.15) is 0 Å². The summed E-state index contributed by atoms with van der Waals surface area (Å²) in [6.45, 7) is 2.73. The zero-order valence-electron chi connectivity index (χ0n) is 7.77. The molecule has 0 aliphatic carbocycles. The van der Waals surface area contributed by atoms with Gasteiger partial charge >= 0.3 is 0 Å². The van der Waals surface area contributed by atoms with Crippen molar-refractivity contribution in [1.29, 1.82) is 0 Å². The molecule has 0 aliphatic rings. The topological polar surface area (TPSA) is 24.4 Å². The highest BCUT2D eigenvalue weighted by molar-refractivity contribution is 5.54. The molecule has 0 unspecified atom stereocenters. The average molecular weight is 174 g/mol. The van der Waals surface area contributed by atoms with Crippen LogP contribution in [0.3, 0.4) is 0 Å². The quantitative estimate of drug-likeness (QED) is 0.696. The van der Waals surface area contributed by atoms with Gasteiger partial charge in [0.25, 0.3) is 0 Å². The van der Waals surface area contributed by atoms with Crippen molar-refractivity contribution in [1.82, 2.24) is 5.32 Å². The molecule has 0 saturated carbocycles. The molecule has 1 aromatic rings. The number of aliphatic imine (C=N–C) groups is 1. The van der Waals surface area contributed by atoms with E-state index in [9.17, 15) is 0 Å². The fourth-order valence-corrected chi connectivity index (χ4v) is 0.954. The largest absolute Gasteiger partial charge is 0.386 e. The van der Waals surface area contributed by atoms with Crippen LogP contribution in [0.25, 0.3) is 0 Å². The monoisotopic (exact) mass is 174 g/mol. The summed E-state index contributed by atoms with van der Waals surface area (Å²) in [5.41, 5.74) is 1.27. The molecule has 0 amide bonds. The van der Waals surface area contributed by atoms with Gasteiger partial charge in [0.05, 0.1) is 0 Å². The van der Waals surface area contributed by atoms with Gasteiger partial charge in [0.2, 0.25) is 0 Å². The first-order valence-corrected chi connectivity index (χ1v) is 4.33. The smallest absolute Gasteiger partial charge is 0.0420 e. The molecule has 0 radical (unpaired) electrons. The van der Waals surface area contributed by atoms with E-state index in [4.69, 9.17) is 0 Å². The van der Waals surface area contributed by atoms with Crippen molar-refractivity contribution in [2.45, 2.75) is 13.5 Å². The second kappa shape index (κ2) is 6.00. The molecule has 1 aromatic carbocycles. The summed E-state index contributed by atoms with van der Waals surface area (Å²) >= 11 is 0. The zero-order valence-corrected chi connectivity index (χ0v) is 7.77. The Bertz CT molecular complexity index is 275. The maximum atomic E-state index is 3.93. The van der Waals surface area contributed by atoms with E-state index in [2.05, 4.69) is 22.4 Å². The van der Waals surface area contributed by atoms with E-state index in [0.717, 1.165) is 6.54 Å². The molecule has 1 rings (SSSR count). The molecule has 2 nitrogen and oxygen atoms in total. The lowest BCUT2D eigenvalue weighted by atomic mass is 10.2. The second-order valence-corrected chi connectivity index (χ2v) is 2.59. The highest BCUT2D eigenvalue weighted by Gasteiger charge is 1.85. The van der Waals surface area contributed by atoms with Gasteiger partial charge in [-0.15, -0.1) is 0 Å². The van der Waals surface area contributed by atoms with Crippen LogP contribution >= 0.6 is 0 Å². The number of nitrogens with one attached hydrogen (secondary N) is 1. The van der Waals surface area contributed by atoms with Crippen molar-refractivity contribution in [2.75, 3.05) is 0 Å². The third-order valence-electron chi connectivity index (χ3n) is 1.58. The minimum Gasteiger partial charge on any atom is -0.386 e. The van der Waals surface area contributed by atoms with Crippen LogP contribution in [0.5, 0.6) is 0 Å². The van der Waals surface area contributed by atoms with Gasteiger partial charge in [-0.05, 0) is 12.5 Å². The molecule has 0 bridgehead atoms. The predicted octanol–water partition coefficient (Wildman–Crippen LogP) is 2.34. The standard InChI is InChI=1S/C11H14N2/c1-2-12-8-9-13-10-11-6-4-3-5-7-11/h2-9,13H,10H2,1H3/b9-8-,12-2+. The van der Waals surface area contributed by atoms with Crippen LogP contribution in [-0.4, -0.2) is 6.21 Å². The Labute approximate surface area is 79.0 Å². The zero-order chi connectivity index (χ0) is 9.36. The minimum absolute atomic E-state index is 0.844. The number of hydrogen-bond acceptors (Lipinski definition) is 2. The molecule has 0 fully saturated rings. The van der Waals surface area contributed by atoms with Crippen LogP contribution in [0.15, 0.2) is 47.7 Å². The van der Waals surface area contributed by atoms with Crippen LogP contribution < -0.4 is 5.32 Å². The van der Waals surface area contributed by atoms with Crippen LogP contribution in [-0.2, 0) is 6.54 Å². The Balaban J connectivity index is 2.28. The Morgan fingerprint density at radius 1 is 1.31 bits per heavy atom. The molecule has 0 heterocycles. The molecule has 13 heavy (non-hydrogen) atoms. The maximum absolute atomic E-state index is 3.93. The first-order valence-electron chi connectivity index (χ1n) is 4.33. The molecule has 0 aromatic heterocycles. The highest BCUT2D eigenvalue weighted by Crippen LogP contribution is 1.96. The number of hydrogen-bond donors (Lipinski definition) is 1. The fourth-order valence-electron chi connectivity index (χ4n) is 0.954. The van der Waals surface area contributed by atoms with E-state index in [0.29, 0.717) is 0 Å². The van der Waals surface area contributed by atoms with Gasteiger partial charge in [-0.3, -0.25) is 4.99 Å². The van der Waals surface area contributed by atoms with Crippen LogP contribution in [0.4, 0.5) is 0 Å². The Kier molecular flexibility index (Phi) is 4.39. The first-order chi connectivity index (χ1) is 6.43. The van der Waals surface area contributed by atoms with E-state index in [1.807, 2.05) is 31.3 Å². The summed E-state index contributed by atoms with van der Waals surface area (Å²) in [6.07, 6.45) is 5.33. The average Bonchev–Trinajstić information content (AvgIpc) is 2.19. The van der Waals surface area contributed by atoms with E-state index < -0.39 is 0 Å². The van der Waals surface area contributed by atoms with Gasteiger partial charge in [-0.1, -0.05) is 30.3 Å². The second-order valence-electron chi connectivity index (χ2n) is 2.59. The normalized spacial score (nSPS) is 11.2. The minimum atomic E-state index is 0.844. The third-order valence-corrected chi connectivity index (χ3v) is 1.58. The Morgan fingerprint density at radius 2 is 2.08 bits per heavy atom. The van der Waals surface area contributed by atoms with Gasteiger partial charge in [-0.25, -0.2) is 0 Å². The van der Waals surface area contributed by atoms with Gasteiger partial charge in [0.1, 0.15) is 0 Å². The predicted molar refractivity (Wildman–Crippen MR) is 56.6 cm³/mol. The van der Waals surface area contributed by atoms with E-state index in [-0.39, 0.29) is 0 Å². The lowest BCUT2D eigenvalue weighted by Crippen LogP contribution is -2.03. The molecule has 0 atom stereocenters. The van der Waals surface area contributed by atoms with Crippen molar-refractivity contribution in [3.8, 4) is 0 Å². The SMILES string of the molecule is C/C=N/C=C\NCc1ccccc1. The van der Waals surface area contributed by atoms with E-state index in [1.54, 1.807) is 12.4 Å². The van der Waals surface area contributed by atoms with Crippen LogP contribution in [0.2, 0.25) is 0 Å². The lowest BCUT2D eigenvalue weighted by Gasteiger charge is -1.98. The number of nitrogens with zero attached hydrogens (tertiary/aromatic N) is 1. The summed E-state index contributed by atoms with van der Waals surface area (Å²) in [5.74, 6) is 0. The summed E-state index contributed by atoms with van der Waals surface area (Å²) in [4.78, 5) is 3.93. The molecule has 0 spiro atoms. The number of rotatable bonds is 4. The van der Waals surface area contributed by atoms with Crippen LogP contribution in [0.1, 0.15) is 12.5 Å². The summed E-state index contributed by atoms with van der Waals surface area (Å²) in [6, 6.07) is 10.3. The van der Waals surface area contributed by atoms with Crippen molar-refractivity contribution in [3.63, 3.8) is 0 Å². The van der Waals surface area contributed by atoms with E-state index in [1.165, 1.54) is 5.56 Å². The van der Waals surface area contributed by atoms with Gasteiger partial charge in [0, 0.05) is 25.2 Å².